The van der Waals surface area contributed by atoms with Gasteiger partial charge in [0.15, 0.2) is 5.25 Å². The second-order valence-corrected chi connectivity index (χ2v) is 6.45. The van der Waals surface area contributed by atoms with Crippen molar-refractivity contribution in [1.82, 2.24) is 0 Å². The summed E-state index contributed by atoms with van der Waals surface area (Å²) in [6.07, 6.45) is 1.42. The van der Waals surface area contributed by atoms with Crippen LogP contribution >= 0.6 is 0 Å². The van der Waals surface area contributed by atoms with Gasteiger partial charge in [-0.2, -0.15) is 5.26 Å². The number of hydrogen-bond acceptors (Lipinski definition) is 4. The lowest BCUT2D eigenvalue weighted by Gasteiger charge is -2.31. The highest BCUT2D eigenvalue weighted by Crippen LogP contribution is 2.37. The Morgan fingerprint density at radius 3 is 2.89 bits per heavy atom. The van der Waals surface area contributed by atoms with Gasteiger partial charge in [0.05, 0.1) is 11.8 Å². The third-order valence-electron chi connectivity index (χ3n) is 3.09. The second-order valence-electron chi connectivity index (χ2n) is 4.28. The number of fused-ring (bicyclic) bond motifs is 1. The molecule has 5 nitrogen and oxygen atoms in total. The van der Waals surface area contributed by atoms with Crippen LogP contribution in [0.5, 0.6) is 5.75 Å². The highest BCUT2D eigenvalue weighted by molar-refractivity contribution is 7.93. The topological polar surface area (TPSA) is 81.4 Å². The van der Waals surface area contributed by atoms with Crippen molar-refractivity contribution in [1.29, 1.82) is 5.26 Å². The van der Waals surface area contributed by atoms with E-state index in [-0.39, 0.29) is 5.75 Å². The van der Waals surface area contributed by atoms with Gasteiger partial charge in [-0.1, -0.05) is 12.1 Å². The molecule has 2 rings (SSSR count). The third-order valence-corrected chi connectivity index (χ3v) is 5.07. The normalized spacial score (nSPS) is 16.8. The first-order valence-corrected chi connectivity index (χ1v) is 7.21. The number of benzene rings is 1. The number of para-hydroxylation sites is 1. The van der Waals surface area contributed by atoms with E-state index in [0.29, 0.717) is 18.7 Å². The van der Waals surface area contributed by atoms with E-state index in [0.717, 1.165) is 16.3 Å². The molecule has 1 atom stereocenters. The molecule has 1 aromatic rings. The molecule has 1 unspecified atom stereocenters. The maximum Gasteiger partial charge on any atom is 0.251 e. The molecule has 1 aliphatic heterocycles. The van der Waals surface area contributed by atoms with Gasteiger partial charge in [-0.05, 0) is 31.4 Å². The van der Waals surface area contributed by atoms with Crippen LogP contribution in [0.25, 0.3) is 0 Å². The summed E-state index contributed by atoms with van der Waals surface area (Å²) in [5.41, 5.74) is 1.13. The van der Waals surface area contributed by atoms with E-state index in [1.54, 1.807) is 18.2 Å². The van der Waals surface area contributed by atoms with Crippen molar-refractivity contribution in [2.75, 3.05) is 10.8 Å². The van der Waals surface area contributed by atoms with Gasteiger partial charge in [0, 0.05) is 6.54 Å². The fraction of sp³-hybridized carbons (Fsp3) is 0.417. The average Bonchev–Trinajstić information content (AvgIpc) is 2.37. The maximum absolute atomic E-state index is 12.2. The monoisotopic (exact) mass is 266 g/mol. The van der Waals surface area contributed by atoms with Gasteiger partial charge in [-0.3, -0.25) is 4.31 Å². The van der Waals surface area contributed by atoms with Crippen LogP contribution in [0.3, 0.4) is 0 Å². The molecule has 1 aliphatic rings. The SMILES string of the molecule is CC(C#N)S(=O)(=O)N1CCCc2cccc(O)c21. The molecule has 0 radical (unpaired) electrons. The molecule has 0 aromatic heterocycles. The van der Waals surface area contributed by atoms with Gasteiger partial charge in [0.25, 0.3) is 10.0 Å². The lowest BCUT2D eigenvalue weighted by molar-refractivity contribution is 0.472. The number of anilines is 1. The molecule has 0 aliphatic carbocycles. The van der Waals surface area contributed by atoms with Crippen molar-refractivity contribution >= 4 is 15.7 Å². The van der Waals surface area contributed by atoms with Gasteiger partial charge in [0.2, 0.25) is 0 Å². The second kappa shape index (κ2) is 4.50. The number of nitrogens with zero attached hydrogens (tertiary/aromatic N) is 2. The number of hydrogen-bond donors (Lipinski definition) is 1. The molecule has 0 saturated heterocycles. The molecule has 0 spiro atoms. The molecule has 6 heteroatoms. The Morgan fingerprint density at radius 1 is 1.50 bits per heavy atom. The van der Waals surface area contributed by atoms with Gasteiger partial charge < -0.3 is 5.11 Å². The molecular weight excluding hydrogens is 252 g/mol. The van der Waals surface area contributed by atoms with Crippen LogP contribution in [0.1, 0.15) is 18.9 Å². The Hall–Kier alpha value is -1.74. The minimum Gasteiger partial charge on any atom is -0.506 e. The predicted octanol–water partition coefficient (Wildman–Crippen LogP) is 1.39. The Labute approximate surface area is 106 Å². The van der Waals surface area contributed by atoms with Crippen molar-refractivity contribution in [3.63, 3.8) is 0 Å². The van der Waals surface area contributed by atoms with Crippen molar-refractivity contribution in [3.8, 4) is 11.8 Å². The number of aryl methyl sites for hydroxylation is 1. The van der Waals surface area contributed by atoms with Crippen LogP contribution in [0, 0.1) is 11.3 Å². The van der Waals surface area contributed by atoms with Crippen LogP contribution in [-0.4, -0.2) is 25.3 Å². The molecular formula is C12H14N2O3S. The molecule has 0 amide bonds. The summed E-state index contributed by atoms with van der Waals surface area (Å²) in [6, 6.07) is 6.70. The molecule has 1 N–H and O–H groups in total. The standard InChI is InChI=1S/C12H14N2O3S/c1-9(8-13)18(16,17)14-7-3-5-10-4-2-6-11(15)12(10)14/h2,4,6,9,15H,3,5,7H2,1H3. The quantitative estimate of drug-likeness (QED) is 0.877. The number of rotatable bonds is 2. The first-order chi connectivity index (χ1) is 8.48. The summed E-state index contributed by atoms with van der Waals surface area (Å²) < 4.78 is 25.6. The number of phenolic OH excluding ortho intramolecular Hbond substituents is 1. The van der Waals surface area contributed by atoms with E-state index in [1.165, 1.54) is 13.0 Å². The van der Waals surface area contributed by atoms with Crippen molar-refractivity contribution in [2.45, 2.75) is 25.0 Å². The summed E-state index contributed by atoms with van der Waals surface area (Å²) in [5.74, 6) is -0.0547. The largest absolute Gasteiger partial charge is 0.506 e. The van der Waals surface area contributed by atoms with E-state index in [9.17, 15) is 13.5 Å². The maximum atomic E-state index is 12.2. The fourth-order valence-corrected chi connectivity index (χ4v) is 3.47. The summed E-state index contributed by atoms with van der Waals surface area (Å²) >= 11 is 0. The van der Waals surface area contributed by atoms with E-state index < -0.39 is 15.3 Å². The predicted molar refractivity (Wildman–Crippen MR) is 67.8 cm³/mol. The third kappa shape index (κ3) is 1.91. The fourth-order valence-electron chi connectivity index (χ4n) is 2.10. The smallest absolute Gasteiger partial charge is 0.251 e. The Morgan fingerprint density at radius 2 is 2.22 bits per heavy atom. The van der Waals surface area contributed by atoms with Crippen LogP contribution in [0.15, 0.2) is 18.2 Å². The summed E-state index contributed by atoms with van der Waals surface area (Å²) in [7, 11) is -3.74. The molecule has 96 valence electrons. The molecule has 0 bridgehead atoms. The molecule has 0 fully saturated rings. The average molecular weight is 266 g/mol. The van der Waals surface area contributed by atoms with E-state index in [4.69, 9.17) is 5.26 Å². The van der Waals surface area contributed by atoms with E-state index in [1.807, 2.05) is 0 Å². The number of sulfonamides is 1. The Balaban J connectivity index is 2.56. The van der Waals surface area contributed by atoms with Gasteiger partial charge in [0.1, 0.15) is 5.75 Å². The minimum atomic E-state index is -3.74. The zero-order chi connectivity index (χ0) is 13.3. The van der Waals surface area contributed by atoms with Gasteiger partial charge >= 0.3 is 0 Å². The first-order valence-electron chi connectivity index (χ1n) is 5.70. The van der Waals surface area contributed by atoms with Crippen LogP contribution in [0.2, 0.25) is 0 Å². The zero-order valence-electron chi connectivity index (χ0n) is 10.00. The summed E-state index contributed by atoms with van der Waals surface area (Å²) in [5, 5.41) is 17.5. The summed E-state index contributed by atoms with van der Waals surface area (Å²) in [4.78, 5) is 0. The van der Waals surface area contributed by atoms with Crippen molar-refractivity contribution < 1.29 is 13.5 Å². The highest BCUT2D eigenvalue weighted by atomic mass is 32.2. The van der Waals surface area contributed by atoms with Gasteiger partial charge in [-0.25, -0.2) is 8.42 Å². The Bertz CT molecular complexity index is 604. The number of nitriles is 1. The summed E-state index contributed by atoms with van der Waals surface area (Å²) in [6.45, 7) is 1.66. The number of phenols is 1. The molecule has 1 aromatic carbocycles. The van der Waals surface area contributed by atoms with Crippen molar-refractivity contribution in [3.05, 3.63) is 23.8 Å². The van der Waals surface area contributed by atoms with E-state index >= 15 is 0 Å². The highest BCUT2D eigenvalue weighted by Gasteiger charge is 2.33. The molecule has 0 saturated carbocycles. The lowest BCUT2D eigenvalue weighted by atomic mass is 10.0. The molecule has 18 heavy (non-hydrogen) atoms. The lowest BCUT2D eigenvalue weighted by Crippen LogP contribution is -2.40. The van der Waals surface area contributed by atoms with Crippen LogP contribution in [0.4, 0.5) is 5.69 Å². The van der Waals surface area contributed by atoms with Crippen LogP contribution in [-0.2, 0) is 16.4 Å². The van der Waals surface area contributed by atoms with Crippen molar-refractivity contribution in [2.24, 2.45) is 0 Å². The minimum absolute atomic E-state index is 0.0547. The van der Waals surface area contributed by atoms with Gasteiger partial charge in [-0.15, -0.1) is 0 Å². The first kappa shape index (κ1) is 12.7. The number of aromatic hydroxyl groups is 1. The van der Waals surface area contributed by atoms with E-state index in [2.05, 4.69) is 0 Å². The zero-order valence-corrected chi connectivity index (χ0v) is 10.8. The Kier molecular flexibility index (Phi) is 3.18. The van der Waals surface area contributed by atoms with Crippen LogP contribution < -0.4 is 4.31 Å². The molecule has 1 heterocycles.